The molecule has 0 radical (unpaired) electrons. The van der Waals surface area contributed by atoms with Gasteiger partial charge in [0.1, 0.15) is 0 Å². The van der Waals surface area contributed by atoms with Crippen LogP contribution in [0, 0.1) is 28.6 Å². The molecular formula is C25H33NO. The number of aliphatic hydroxyl groups excluding tert-OH is 1. The Morgan fingerprint density at radius 1 is 1.00 bits per heavy atom. The van der Waals surface area contributed by atoms with Crippen molar-refractivity contribution in [2.45, 2.75) is 71.3 Å². The average Bonchev–Trinajstić information content (AvgIpc) is 3.00. The quantitative estimate of drug-likeness (QED) is 0.705. The molecule has 6 atom stereocenters. The molecule has 1 aromatic rings. The first kappa shape index (κ1) is 17.7. The van der Waals surface area contributed by atoms with E-state index in [0.717, 1.165) is 37.0 Å². The second kappa shape index (κ2) is 6.30. The summed E-state index contributed by atoms with van der Waals surface area (Å²) in [5, 5.41) is 10.2. The number of nitrogens with zero attached hydrogens (tertiary/aromatic N) is 1. The molecule has 1 heterocycles. The molecule has 0 unspecified atom stereocenters. The first-order chi connectivity index (χ1) is 13.0. The van der Waals surface area contributed by atoms with Gasteiger partial charge in [0.25, 0.3) is 0 Å². The highest BCUT2D eigenvalue weighted by atomic mass is 16.3. The van der Waals surface area contributed by atoms with Crippen LogP contribution in [-0.2, 0) is 6.42 Å². The van der Waals surface area contributed by atoms with Crippen LogP contribution in [0.15, 0.2) is 47.8 Å². The lowest BCUT2D eigenvalue weighted by molar-refractivity contribution is -0.0298. The molecule has 144 valence electrons. The molecular weight excluding hydrogens is 330 g/mol. The van der Waals surface area contributed by atoms with Gasteiger partial charge in [0.15, 0.2) is 0 Å². The van der Waals surface area contributed by atoms with Gasteiger partial charge in [0, 0.05) is 12.4 Å². The van der Waals surface area contributed by atoms with E-state index in [-0.39, 0.29) is 6.10 Å². The third-order valence-electron chi connectivity index (χ3n) is 8.96. The summed E-state index contributed by atoms with van der Waals surface area (Å²) in [5.41, 5.74) is 5.38. The number of aliphatic hydroxyl groups is 1. The minimum Gasteiger partial charge on any atom is -0.393 e. The van der Waals surface area contributed by atoms with Crippen molar-refractivity contribution in [3.63, 3.8) is 0 Å². The Hall–Kier alpha value is -1.41. The molecule has 0 amide bonds. The topological polar surface area (TPSA) is 33.1 Å². The minimum atomic E-state index is -0.102. The Bertz CT molecular complexity index is 781. The van der Waals surface area contributed by atoms with Crippen molar-refractivity contribution >= 4 is 0 Å². The number of aromatic nitrogens is 1. The molecule has 0 aliphatic heterocycles. The monoisotopic (exact) mass is 363 g/mol. The van der Waals surface area contributed by atoms with Crippen molar-refractivity contribution in [2.75, 3.05) is 0 Å². The number of fused-ring (bicyclic) bond motifs is 5. The molecule has 2 heteroatoms. The van der Waals surface area contributed by atoms with Crippen LogP contribution in [0.4, 0.5) is 0 Å². The third-order valence-corrected chi connectivity index (χ3v) is 8.96. The molecule has 2 fully saturated rings. The van der Waals surface area contributed by atoms with Crippen LogP contribution in [0.2, 0.25) is 0 Å². The Morgan fingerprint density at radius 3 is 2.59 bits per heavy atom. The molecule has 0 saturated heterocycles. The summed E-state index contributed by atoms with van der Waals surface area (Å²) in [6, 6.07) is 4.35. The summed E-state index contributed by atoms with van der Waals surface area (Å²) >= 11 is 0. The molecule has 1 N–H and O–H groups in total. The fourth-order valence-electron chi connectivity index (χ4n) is 7.29. The zero-order chi connectivity index (χ0) is 18.6. The van der Waals surface area contributed by atoms with Gasteiger partial charge in [-0.25, -0.2) is 0 Å². The Balaban J connectivity index is 1.41. The van der Waals surface area contributed by atoms with Crippen LogP contribution in [0.5, 0.6) is 0 Å². The Morgan fingerprint density at radius 2 is 1.78 bits per heavy atom. The van der Waals surface area contributed by atoms with Crippen molar-refractivity contribution in [2.24, 2.45) is 28.6 Å². The largest absolute Gasteiger partial charge is 0.393 e. The summed E-state index contributed by atoms with van der Waals surface area (Å²) in [6.45, 7) is 5.07. The van der Waals surface area contributed by atoms with Gasteiger partial charge in [-0.3, -0.25) is 4.98 Å². The van der Waals surface area contributed by atoms with Crippen LogP contribution < -0.4 is 0 Å². The molecule has 4 aliphatic carbocycles. The average molecular weight is 364 g/mol. The van der Waals surface area contributed by atoms with Crippen LogP contribution in [-0.4, -0.2) is 16.2 Å². The zero-order valence-electron chi connectivity index (χ0n) is 16.8. The maximum atomic E-state index is 10.2. The zero-order valence-corrected chi connectivity index (χ0v) is 16.8. The third kappa shape index (κ3) is 2.67. The number of hydrogen-bond donors (Lipinski definition) is 1. The van der Waals surface area contributed by atoms with Gasteiger partial charge in [0.2, 0.25) is 0 Å². The van der Waals surface area contributed by atoms with E-state index in [4.69, 9.17) is 0 Å². The van der Waals surface area contributed by atoms with Gasteiger partial charge in [0.05, 0.1) is 6.10 Å². The van der Waals surface area contributed by atoms with E-state index in [1.807, 2.05) is 12.4 Å². The van der Waals surface area contributed by atoms with Crippen LogP contribution in [0.25, 0.3) is 0 Å². The molecule has 1 aromatic heterocycles. The number of allylic oxidation sites excluding steroid dienone is 3. The molecule has 0 spiro atoms. The van der Waals surface area contributed by atoms with Crippen LogP contribution >= 0.6 is 0 Å². The normalized spacial score (nSPS) is 43.2. The fraction of sp³-hybridized carbons (Fsp3) is 0.640. The van der Waals surface area contributed by atoms with Gasteiger partial charge >= 0.3 is 0 Å². The van der Waals surface area contributed by atoms with E-state index in [0.29, 0.717) is 10.8 Å². The van der Waals surface area contributed by atoms with E-state index in [1.54, 1.807) is 11.1 Å². The number of pyridine rings is 1. The SMILES string of the molecule is C[C@]12CC[C@H](O)CC1=CC[C@@H]1[C@@H]2CC[C@]2(C)C(Cc3ccncc3)=CC[C@@H]12. The van der Waals surface area contributed by atoms with Crippen molar-refractivity contribution in [1.29, 1.82) is 0 Å². The van der Waals surface area contributed by atoms with Crippen molar-refractivity contribution < 1.29 is 5.11 Å². The number of rotatable bonds is 2. The molecule has 5 rings (SSSR count). The van der Waals surface area contributed by atoms with E-state index >= 15 is 0 Å². The van der Waals surface area contributed by atoms with Crippen LogP contribution in [0.3, 0.4) is 0 Å². The summed E-state index contributed by atoms with van der Waals surface area (Å²) < 4.78 is 0. The first-order valence-electron chi connectivity index (χ1n) is 11.0. The Labute approximate surface area is 163 Å². The van der Waals surface area contributed by atoms with Crippen molar-refractivity contribution in [3.05, 3.63) is 53.4 Å². The first-order valence-corrected chi connectivity index (χ1v) is 11.0. The lowest BCUT2D eigenvalue weighted by Gasteiger charge is -2.57. The number of hydrogen-bond acceptors (Lipinski definition) is 2. The highest BCUT2D eigenvalue weighted by Gasteiger charge is 2.56. The lowest BCUT2D eigenvalue weighted by atomic mass is 9.47. The molecule has 0 aromatic carbocycles. The minimum absolute atomic E-state index is 0.102. The van der Waals surface area contributed by atoms with Gasteiger partial charge in [-0.05, 0) is 97.6 Å². The highest BCUT2D eigenvalue weighted by Crippen LogP contribution is 2.65. The second-order valence-corrected chi connectivity index (χ2v) is 10.1. The molecule has 4 aliphatic rings. The van der Waals surface area contributed by atoms with Gasteiger partial charge in [-0.15, -0.1) is 0 Å². The summed E-state index contributed by atoms with van der Waals surface area (Å²) in [5.74, 6) is 2.44. The van der Waals surface area contributed by atoms with E-state index in [1.165, 1.54) is 37.7 Å². The molecule has 2 nitrogen and oxygen atoms in total. The highest BCUT2D eigenvalue weighted by molar-refractivity contribution is 5.33. The second-order valence-electron chi connectivity index (χ2n) is 10.1. The summed E-state index contributed by atoms with van der Waals surface area (Å²) in [7, 11) is 0. The van der Waals surface area contributed by atoms with Gasteiger partial charge < -0.3 is 5.11 Å². The lowest BCUT2D eigenvalue weighted by Crippen LogP contribution is -2.50. The standard InChI is InChI=1S/C25H33NO/c1-24-11-7-20(27)16-19(24)3-5-21-22-6-4-18(15-17-9-13-26-14-10-17)25(22,2)12-8-23(21)24/h3-4,9-10,13-14,20-23,27H,5-8,11-12,15-16H2,1-2H3/t20-,21-,22-,23-,24-,25+/m0/s1. The molecule has 0 bridgehead atoms. The van der Waals surface area contributed by atoms with E-state index in [9.17, 15) is 5.11 Å². The van der Waals surface area contributed by atoms with Gasteiger partial charge in [-0.1, -0.05) is 37.1 Å². The van der Waals surface area contributed by atoms with E-state index < -0.39 is 0 Å². The van der Waals surface area contributed by atoms with Gasteiger partial charge in [-0.2, -0.15) is 0 Å². The van der Waals surface area contributed by atoms with E-state index in [2.05, 4.69) is 43.1 Å². The summed E-state index contributed by atoms with van der Waals surface area (Å²) in [4.78, 5) is 4.18. The molecule has 2 saturated carbocycles. The predicted octanol–water partition coefficient (Wildman–Crippen LogP) is 5.48. The maximum Gasteiger partial charge on any atom is 0.0577 e. The Kier molecular flexibility index (Phi) is 4.13. The maximum absolute atomic E-state index is 10.2. The van der Waals surface area contributed by atoms with Crippen molar-refractivity contribution in [1.82, 2.24) is 4.98 Å². The van der Waals surface area contributed by atoms with Crippen molar-refractivity contribution in [3.8, 4) is 0 Å². The molecule has 27 heavy (non-hydrogen) atoms. The summed E-state index contributed by atoms with van der Waals surface area (Å²) in [6.07, 6.45) is 18.2. The van der Waals surface area contributed by atoms with Crippen LogP contribution in [0.1, 0.15) is 64.4 Å². The predicted molar refractivity (Wildman–Crippen MR) is 109 cm³/mol. The fourth-order valence-corrected chi connectivity index (χ4v) is 7.29. The smallest absolute Gasteiger partial charge is 0.0577 e.